The van der Waals surface area contributed by atoms with Crippen LogP contribution in [0.1, 0.15) is 18.1 Å². The molecule has 0 saturated heterocycles. The van der Waals surface area contributed by atoms with Gasteiger partial charge in [0.2, 0.25) is 0 Å². The van der Waals surface area contributed by atoms with Crippen molar-refractivity contribution in [3.63, 3.8) is 0 Å². The molecule has 0 fully saturated rings. The van der Waals surface area contributed by atoms with Crippen LogP contribution in [-0.4, -0.2) is 6.61 Å². The molecule has 0 amide bonds. The molecule has 3 nitrogen and oxygen atoms in total. The van der Waals surface area contributed by atoms with Crippen LogP contribution >= 0.6 is 0 Å². The van der Waals surface area contributed by atoms with Gasteiger partial charge in [-0.3, -0.25) is 0 Å². The van der Waals surface area contributed by atoms with E-state index in [2.05, 4.69) is 6.07 Å². The largest absolute Gasteiger partial charge is 0.492 e. The van der Waals surface area contributed by atoms with E-state index in [1.807, 2.05) is 13.0 Å². The van der Waals surface area contributed by atoms with E-state index in [0.29, 0.717) is 24.5 Å². The SMILES string of the molecule is CCOc1ccc(CN)cc1C#N. The van der Waals surface area contributed by atoms with Gasteiger partial charge in [0.25, 0.3) is 0 Å². The highest BCUT2D eigenvalue weighted by Gasteiger charge is 2.02. The smallest absolute Gasteiger partial charge is 0.137 e. The molecular formula is C10H12N2O. The van der Waals surface area contributed by atoms with Gasteiger partial charge in [-0.1, -0.05) is 6.07 Å². The van der Waals surface area contributed by atoms with Gasteiger partial charge < -0.3 is 10.5 Å². The van der Waals surface area contributed by atoms with Crippen LogP contribution in [0.5, 0.6) is 5.75 Å². The summed E-state index contributed by atoms with van der Waals surface area (Å²) in [5, 5.41) is 8.79. The molecular weight excluding hydrogens is 164 g/mol. The molecule has 0 aliphatic heterocycles. The molecule has 2 N–H and O–H groups in total. The predicted octanol–water partition coefficient (Wildman–Crippen LogP) is 1.42. The highest BCUT2D eigenvalue weighted by molar-refractivity contribution is 5.45. The van der Waals surface area contributed by atoms with E-state index in [1.165, 1.54) is 0 Å². The molecule has 1 aromatic carbocycles. The lowest BCUT2D eigenvalue weighted by Crippen LogP contribution is -1.99. The van der Waals surface area contributed by atoms with E-state index in [-0.39, 0.29) is 0 Å². The van der Waals surface area contributed by atoms with Gasteiger partial charge in [0.1, 0.15) is 11.8 Å². The van der Waals surface area contributed by atoms with E-state index in [0.717, 1.165) is 5.56 Å². The first-order valence-electron chi connectivity index (χ1n) is 4.17. The number of benzene rings is 1. The van der Waals surface area contributed by atoms with Crippen LogP contribution in [0.3, 0.4) is 0 Å². The summed E-state index contributed by atoms with van der Waals surface area (Å²) in [5.41, 5.74) is 6.94. The van der Waals surface area contributed by atoms with Crippen LogP contribution in [0, 0.1) is 11.3 Å². The van der Waals surface area contributed by atoms with Crippen molar-refractivity contribution in [3.8, 4) is 11.8 Å². The first-order valence-corrected chi connectivity index (χ1v) is 4.17. The Bertz CT molecular complexity index is 328. The maximum atomic E-state index is 8.79. The summed E-state index contributed by atoms with van der Waals surface area (Å²) >= 11 is 0. The molecule has 0 saturated carbocycles. The first-order chi connectivity index (χ1) is 6.31. The standard InChI is InChI=1S/C10H12N2O/c1-2-13-10-4-3-8(6-11)5-9(10)7-12/h3-5H,2,6,11H2,1H3. The lowest BCUT2D eigenvalue weighted by Gasteiger charge is -2.05. The number of hydrogen-bond donors (Lipinski definition) is 1. The molecule has 0 atom stereocenters. The average Bonchev–Trinajstić information content (AvgIpc) is 2.19. The fourth-order valence-corrected chi connectivity index (χ4v) is 1.07. The lowest BCUT2D eigenvalue weighted by atomic mass is 10.1. The Hall–Kier alpha value is -1.53. The second kappa shape index (κ2) is 4.48. The van der Waals surface area contributed by atoms with Crippen molar-refractivity contribution in [2.75, 3.05) is 6.61 Å². The van der Waals surface area contributed by atoms with Gasteiger partial charge in [0, 0.05) is 6.54 Å². The number of ether oxygens (including phenoxy) is 1. The normalized spacial score (nSPS) is 9.31. The minimum Gasteiger partial charge on any atom is -0.492 e. The molecule has 0 bridgehead atoms. The van der Waals surface area contributed by atoms with Gasteiger partial charge in [-0.05, 0) is 24.6 Å². The summed E-state index contributed by atoms with van der Waals surface area (Å²) in [4.78, 5) is 0. The van der Waals surface area contributed by atoms with Crippen LogP contribution in [-0.2, 0) is 6.54 Å². The molecule has 0 heterocycles. The van der Waals surface area contributed by atoms with Crippen LogP contribution in [0.2, 0.25) is 0 Å². The van der Waals surface area contributed by atoms with Crippen LogP contribution in [0.4, 0.5) is 0 Å². The van der Waals surface area contributed by atoms with Crippen LogP contribution in [0.15, 0.2) is 18.2 Å². The van der Waals surface area contributed by atoms with E-state index in [9.17, 15) is 0 Å². The number of nitrogens with zero attached hydrogens (tertiary/aromatic N) is 1. The minimum atomic E-state index is 0.446. The lowest BCUT2D eigenvalue weighted by molar-refractivity contribution is 0.339. The number of hydrogen-bond acceptors (Lipinski definition) is 3. The van der Waals surface area contributed by atoms with Crippen molar-refractivity contribution in [1.82, 2.24) is 0 Å². The summed E-state index contributed by atoms with van der Waals surface area (Å²) < 4.78 is 5.26. The van der Waals surface area contributed by atoms with Crippen LogP contribution < -0.4 is 10.5 Å². The Kier molecular flexibility index (Phi) is 3.30. The summed E-state index contributed by atoms with van der Waals surface area (Å²) in [6.45, 7) is 2.90. The van der Waals surface area contributed by atoms with Crippen LogP contribution in [0.25, 0.3) is 0 Å². The second-order valence-electron chi connectivity index (χ2n) is 2.58. The van der Waals surface area contributed by atoms with Crippen molar-refractivity contribution < 1.29 is 4.74 Å². The number of nitriles is 1. The Morgan fingerprint density at radius 3 is 2.85 bits per heavy atom. The Morgan fingerprint density at radius 2 is 2.31 bits per heavy atom. The molecule has 1 aromatic rings. The summed E-state index contributed by atoms with van der Waals surface area (Å²) in [6, 6.07) is 7.48. The Balaban J connectivity index is 3.02. The number of nitrogens with two attached hydrogens (primary N) is 1. The summed E-state index contributed by atoms with van der Waals surface area (Å²) in [5.74, 6) is 0.627. The molecule has 3 heteroatoms. The first kappa shape index (κ1) is 9.56. The van der Waals surface area contributed by atoms with Gasteiger partial charge in [-0.15, -0.1) is 0 Å². The average molecular weight is 176 g/mol. The van der Waals surface area contributed by atoms with E-state index < -0.39 is 0 Å². The zero-order valence-corrected chi connectivity index (χ0v) is 7.58. The fourth-order valence-electron chi connectivity index (χ4n) is 1.07. The van der Waals surface area contributed by atoms with Crippen molar-refractivity contribution >= 4 is 0 Å². The molecule has 0 aliphatic carbocycles. The third-order valence-electron chi connectivity index (χ3n) is 1.70. The van der Waals surface area contributed by atoms with Crippen molar-refractivity contribution in [2.45, 2.75) is 13.5 Å². The van der Waals surface area contributed by atoms with Crippen molar-refractivity contribution in [2.24, 2.45) is 5.73 Å². The van der Waals surface area contributed by atoms with Gasteiger partial charge >= 0.3 is 0 Å². The quantitative estimate of drug-likeness (QED) is 0.757. The topological polar surface area (TPSA) is 59.0 Å². The minimum absolute atomic E-state index is 0.446. The van der Waals surface area contributed by atoms with E-state index in [1.54, 1.807) is 12.1 Å². The summed E-state index contributed by atoms with van der Waals surface area (Å²) in [6.07, 6.45) is 0. The van der Waals surface area contributed by atoms with E-state index in [4.69, 9.17) is 15.7 Å². The highest BCUT2D eigenvalue weighted by atomic mass is 16.5. The van der Waals surface area contributed by atoms with Gasteiger partial charge in [0.15, 0.2) is 0 Å². The maximum absolute atomic E-state index is 8.79. The molecule has 0 aromatic heterocycles. The van der Waals surface area contributed by atoms with Crippen molar-refractivity contribution in [1.29, 1.82) is 5.26 Å². The van der Waals surface area contributed by atoms with E-state index >= 15 is 0 Å². The number of rotatable bonds is 3. The third-order valence-corrected chi connectivity index (χ3v) is 1.70. The Labute approximate surface area is 77.7 Å². The molecule has 68 valence electrons. The van der Waals surface area contributed by atoms with Gasteiger partial charge in [-0.25, -0.2) is 0 Å². The monoisotopic (exact) mass is 176 g/mol. The highest BCUT2D eigenvalue weighted by Crippen LogP contribution is 2.18. The maximum Gasteiger partial charge on any atom is 0.137 e. The molecule has 0 unspecified atom stereocenters. The van der Waals surface area contributed by atoms with Gasteiger partial charge in [0.05, 0.1) is 12.2 Å². The zero-order valence-electron chi connectivity index (χ0n) is 7.58. The second-order valence-corrected chi connectivity index (χ2v) is 2.58. The molecule has 1 rings (SSSR count). The molecule has 0 spiro atoms. The third kappa shape index (κ3) is 2.20. The zero-order chi connectivity index (χ0) is 9.68. The Morgan fingerprint density at radius 1 is 1.54 bits per heavy atom. The fraction of sp³-hybridized carbons (Fsp3) is 0.300. The molecule has 13 heavy (non-hydrogen) atoms. The predicted molar refractivity (Wildman–Crippen MR) is 50.2 cm³/mol. The molecule has 0 aliphatic rings. The molecule has 0 radical (unpaired) electrons. The van der Waals surface area contributed by atoms with Gasteiger partial charge in [-0.2, -0.15) is 5.26 Å². The van der Waals surface area contributed by atoms with Crippen molar-refractivity contribution in [3.05, 3.63) is 29.3 Å². The summed E-state index contributed by atoms with van der Waals surface area (Å²) in [7, 11) is 0.